The van der Waals surface area contributed by atoms with Gasteiger partial charge in [-0.1, -0.05) is 45.4 Å². The summed E-state index contributed by atoms with van der Waals surface area (Å²) in [5.41, 5.74) is 27.3. The van der Waals surface area contributed by atoms with Gasteiger partial charge in [-0.15, -0.1) is 11.6 Å². The second-order valence-corrected chi connectivity index (χ2v) is 13.6. The van der Waals surface area contributed by atoms with E-state index in [1.807, 2.05) is 0 Å². The number of ketones is 1. The SMILES string of the molecule is CCCCCCCCCC(=O)N[C@@H](CCCN=C(N)N)C(=O)N[C@@H](CCC(=O)O)C(=O)N[C@@H](CCCCN)C(=O)N[C@@H](CCCN=C(N)N)C(=O)CCCl. The van der Waals surface area contributed by atoms with Crippen LogP contribution in [0.1, 0.15) is 122 Å². The zero-order valence-corrected chi connectivity index (χ0v) is 32.7. The standard InChI is InChI=1S/C35H66ClN11O7/c1-2-3-4-5-6-7-8-16-29(49)44-25(15-12-23-43-35(40)41)31(52)47-27(17-18-30(50)51)33(54)46-26(13-9-10-21-37)32(53)45-24(28(48)19-20-36)14-11-22-42-34(38)39/h24-27H,2-23,37H2,1H3,(H,44,49)(H,45,53)(H,46,54)(H,47,52)(H,50,51)(H4,38,39,42)(H4,40,41,43)/t24-,25-,26-,27-/m0/s1. The second kappa shape index (κ2) is 31.2. The van der Waals surface area contributed by atoms with Crippen molar-refractivity contribution in [1.29, 1.82) is 0 Å². The van der Waals surface area contributed by atoms with Crippen LogP contribution in [-0.2, 0) is 28.8 Å². The molecule has 0 aromatic carbocycles. The summed E-state index contributed by atoms with van der Waals surface area (Å²) in [5.74, 6) is -4.27. The molecule has 19 heteroatoms. The van der Waals surface area contributed by atoms with Gasteiger partial charge in [0.2, 0.25) is 23.6 Å². The van der Waals surface area contributed by atoms with Crippen LogP contribution in [0, 0.1) is 0 Å². The van der Waals surface area contributed by atoms with Gasteiger partial charge in [-0.2, -0.15) is 0 Å². The molecule has 15 N–H and O–H groups in total. The number of carboxylic acids is 1. The van der Waals surface area contributed by atoms with E-state index in [9.17, 15) is 33.9 Å². The first-order valence-corrected chi connectivity index (χ1v) is 19.6. The fraction of sp³-hybridized carbons (Fsp3) is 0.771. The average Bonchev–Trinajstić information content (AvgIpc) is 3.11. The van der Waals surface area contributed by atoms with E-state index in [0.717, 1.165) is 32.1 Å². The quantitative estimate of drug-likeness (QED) is 0.0187. The molecule has 0 unspecified atom stereocenters. The summed E-state index contributed by atoms with van der Waals surface area (Å²) in [4.78, 5) is 86.0. The van der Waals surface area contributed by atoms with Gasteiger partial charge in [0.15, 0.2) is 17.7 Å². The normalized spacial score (nSPS) is 13.0. The molecule has 0 fully saturated rings. The number of amides is 4. The minimum atomic E-state index is -1.38. The van der Waals surface area contributed by atoms with Crippen LogP contribution < -0.4 is 49.9 Å². The molecule has 0 aromatic rings. The van der Waals surface area contributed by atoms with E-state index in [1.165, 1.54) is 6.42 Å². The fourth-order valence-corrected chi connectivity index (χ4v) is 5.67. The maximum Gasteiger partial charge on any atom is 0.303 e. The summed E-state index contributed by atoms with van der Waals surface area (Å²) in [7, 11) is 0. The Morgan fingerprint density at radius 1 is 0.574 bits per heavy atom. The Morgan fingerprint density at radius 3 is 1.54 bits per heavy atom. The molecule has 0 saturated carbocycles. The van der Waals surface area contributed by atoms with Crippen molar-refractivity contribution in [3.63, 3.8) is 0 Å². The van der Waals surface area contributed by atoms with E-state index in [1.54, 1.807) is 0 Å². The maximum atomic E-state index is 13.7. The Hall–Kier alpha value is -4.19. The highest BCUT2D eigenvalue weighted by Crippen LogP contribution is 2.11. The van der Waals surface area contributed by atoms with Crippen molar-refractivity contribution < 1.29 is 33.9 Å². The number of Topliss-reactive ketones (excluding diaryl/α,β-unsaturated/α-hetero) is 1. The number of carbonyl (C=O) groups excluding carboxylic acids is 5. The van der Waals surface area contributed by atoms with Gasteiger partial charge in [0.1, 0.15) is 18.1 Å². The Morgan fingerprint density at radius 2 is 1.04 bits per heavy atom. The van der Waals surface area contributed by atoms with Crippen molar-refractivity contribution in [2.24, 2.45) is 38.7 Å². The number of guanidine groups is 2. The van der Waals surface area contributed by atoms with E-state index < -0.39 is 54.3 Å². The predicted octanol–water partition coefficient (Wildman–Crippen LogP) is 0.365. The van der Waals surface area contributed by atoms with Crippen molar-refractivity contribution in [1.82, 2.24) is 21.3 Å². The third-order valence-corrected chi connectivity index (χ3v) is 8.64. The topological polar surface area (TPSA) is 326 Å². The average molecular weight is 788 g/mol. The van der Waals surface area contributed by atoms with Crippen LogP contribution in [0.5, 0.6) is 0 Å². The lowest BCUT2D eigenvalue weighted by Gasteiger charge is -2.26. The zero-order chi connectivity index (χ0) is 40.7. The summed E-state index contributed by atoms with van der Waals surface area (Å²) >= 11 is 5.80. The molecular formula is C35H66ClN11O7. The van der Waals surface area contributed by atoms with Crippen LogP contribution in [0.15, 0.2) is 9.98 Å². The van der Waals surface area contributed by atoms with Crippen molar-refractivity contribution in [2.45, 2.75) is 147 Å². The number of alkyl halides is 1. The summed E-state index contributed by atoms with van der Waals surface area (Å²) in [5, 5.41) is 20.1. The third-order valence-electron chi connectivity index (χ3n) is 8.46. The highest BCUT2D eigenvalue weighted by atomic mass is 35.5. The van der Waals surface area contributed by atoms with Gasteiger partial charge in [0.05, 0.1) is 6.04 Å². The summed E-state index contributed by atoms with van der Waals surface area (Å²) in [6.45, 7) is 2.88. The Bertz CT molecular complexity index is 1200. The number of nitrogens with two attached hydrogens (primary N) is 5. The number of nitrogens with zero attached hydrogens (tertiary/aromatic N) is 2. The number of aliphatic carboxylic acids is 1. The minimum absolute atomic E-state index is 0.00893. The zero-order valence-electron chi connectivity index (χ0n) is 31.9. The minimum Gasteiger partial charge on any atom is -0.481 e. The van der Waals surface area contributed by atoms with Gasteiger partial charge in [-0.25, -0.2) is 0 Å². The summed E-state index contributed by atoms with van der Waals surface area (Å²) < 4.78 is 0. The van der Waals surface area contributed by atoms with Gasteiger partial charge in [-0.05, 0) is 64.3 Å². The van der Waals surface area contributed by atoms with Crippen LogP contribution in [-0.4, -0.2) is 102 Å². The highest BCUT2D eigenvalue weighted by Gasteiger charge is 2.31. The number of hydrogen-bond donors (Lipinski definition) is 10. The summed E-state index contributed by atoms with van der Waals surface area (Å²) in [6.07, 6.45) is 8.61. The van der Waals surface area contributed by atoms with Gasteiger partial charge >= 0.3 is 5.97 Å². The van der Waals surface area contributed by atoms with E-state index in [0.29, 0.717) is 38.6 Å². The molecule has 0 saturated heterocycles. The van der Waals surface area contributed by atoms with Gasteiger partial charge in [0, 0.05) is 38.2 Å². The Kier molecular flexibility index (Phi) is 28.8. The Balaban J connectivity index is 6.01. The van der Waals surface area contributed by atoms with Crippen molar-refractivity contribution in [3.05, 3.63) is 0 Å². The van der Waals surface area contributed by atoms with Crippen LogP contribution in [0.4, 0.5) is 0 Å². The van der Waals surface area contributed by atoms with Crippen LogP contribution >= 0.6 is 11.6 Å². The van der Waals surface area contributed by atoms with Crippen molar-refractivity contribution in [2.75, 3.05) is 25.5 Å². The number of carbonyl (C=O) groups is 6. The molecule has 54 heavy (non-hydrogen) atoms. The van der Waals surface area contributed by atoms with Gasteiger partial charge in [0.25, 0.3) is 0 Å². The first-order valence-electron chi connectivity index (χ1n) is 19.1. The molecule has 0 aromatic heterocycles. The monoisotopic (exact) mass is 787 g/mol. The molecular weight excluding hydrogens is 722 g/mol. The first-order chi connectivity index (χ1) is 25.7. The lowest BCUT2D eigenvalue weighted by Crippen LogP contribution is -2.57. The number of carboxylic acid groups (broad SMARTS) is 1. The van der Waals surface area contributed by atoms with Crippen molar-refractivity contribution in [3.8, 4) is 0 Å². The van der Waals surface area contributed by atoms with Crippen LogP contribution in [0.25, 0.3) is 0 Å². The number of hydrogen-bond acceptors (Lipinski definition) is 9. The number of halogens is 1. The molecule has 18 nitrogen and oxygen atoms in total. The fourth-order valence-electron chi connectivity index (χ4n) is 5.48. The van der Waals surface area contributed by atoms with E-state index in [4.69, 9.17) is 40.3 Å². The lowest BCUT2D eigenvalue weighted by atomic mass is 10.0. The molecule has 0 aliphatic carbocycles. The second-order valence-electron chi connectivity index (χ2n) is 13.2. The van der Waals surface area contributed by atoms with E-state index in [2.05, 4.69) is 38.2 Å². The molecule has 0 aliphatic rings. The summed E-state index contributed by atoms with van der Waals surface area (Å²) in [6, 6.07) is -4.56. The van der Waals surface area contributed by atoms with Crippen molar-refractivity contribution >= 4 is 58.9 Å². The third kappa shape index (κ3) is 25.7. The van der Waals surface area contributed by atoms with E-state index >= 15 is 0 Å². The largest absolute Gasteiger partial charge is 0.481 e. The lowest BCUT2D eigenvalue weighted by molar-refractivity contribution is -0.138. The molecule has 310 valence electrons. The molecule has 4 atom stereocenters. The molecule has 0 radical (unpaired) electrons. The number of aliphatic imine (C=N–C) groups is 2. The van der Waals surface area contributed by atoms with Gasteiger partial charge < -0.3 is 55.0 Å². The number of unbranched alkanes of at least 4 members (excludes halogenated alkanes) is 7. The first kappa shape index (κ1) is 49.8. The molecule has 0 bridgehead atoms. The van der Waals surface area contributed by atoms with Crippen LogP contribution in [0.3, 0.4) is 0 Å². The molecule has 0 aliphatic heterocycles. The smallest absolute Gasteiger partial charge is 0.303 e. The Labute approximate surface area is 324 Å². The predicted molar refractivity (Wildman–Crippen MR) is 210 cm³/mol. The molecule has 0 spiro atoms. The highest BCUT2D eigenvalue weighted by molar-refractivity contribution is 6.19. The number of nitrogens with one attached hydrogen (secondary N) is 4. The molecule has 4 amide bonds. The van der Waals surface area contributed by atoms with E-state index in [-0.39, 0.29) is 81.1 Å². The molecule has 0 rings (SSSR count). The maximum absolute atomic E-state index is 13.7. The van der Waals surface area contributed by atoms with Gasteiger partial charge in [-0.3, -0.25) is 38.8 Å². The number of rotatable bonds is 33. The molecule has 0 heterocycles. The van der Waals surface area contributed by atoms with Crippen LogP contribution in [0.2, 0.25) is 0 Å².